The first-order chi connectivity index (χ1) is 17.4. The largest absolute Gasteiger partial charge is 0.477 e. The zero-order valence-electron chi connectivity index (χ0n) is 18.1. The van der Waals surface area contributed by atoms with Crippen molar-refractivity contribution < 1.29 is 37.5 Å². The van der Waals surface area contributed by atoms with Gasteiger partial charge in [-0.15, -0.1) is 22.0 Å². The van der Waals surface area contributed by atoms with Crippen molar-refractivity contribution in [3.63, 3.8) is 0 Å². The summed E-state index contributed by atoms with van der Waals surface area (Å²) in [6.45, 7) is 0. The van der Waals surface area contributed by atoms with E-state index in [2.05, 4.69) is 30.5 Å². The summed E-state index contributed by atoms with van der Waals surface area (Å²) in [5.41, 5.74) is 5.26. The van der Waals surface area contributed by atoms with Gasteiger partial charge in [-0.2, -0.15) is 13.2 Å². The van der Waals surface area contributed by atoms with E-state index in [0.717, 1.165) is 28.0 Å². The number of fused-ring (bicyclic) bond motifs is 1. The number of alkyl halides is 3. The number of carboxylic acid groups (broad SMARTS) is 1. The van der Waals surface area contributed by atoms with E-state index in [0.29, 0.717) is 16.9 Å². The van der Waals surface area contributed by atoms with Gasteiger partial charge in [-0.1, -0.05) is 51.2 Å². The molecule has 0 aliphatic carbocycles. The van der Waals surface area contributed by atoms with Gasteiger partial charge < -0.3 is 21.0 Å². The summed E-state index contributed by atoms with van der Waals surface area (Å²) in [6, 6.07) is -1.09. The van der Waals surface area contributed by atoms with Gasteiger partial charge in [0.05, 0.1) is 0 Å². The van der Waals surface area contributed by atoms with E-state index >= 15 is 0 Å². The highest BCUT2D eigenvalue weighted by Crippen LogP contribution is 2.42. The van der Waals surface area contributed by atoms with Crippen LogP contribution >= 0.6 is 57.8 Å². The lowest BCUT2D eigenvalue weighted by atomic mass is 10.0. The van der Waals surface area contributed by atoms with Crippen molar-refractivity contribution in [1.82, 2.24) is 25.4 Å². The summed E-state index contributed by atoms with van der Waals surface area (Å²) >= 11 is 9.36. The third-order valence-corrected chi connectivity index (χ3v) is 9.39. The molecule has 0 radical (unpaired) electrons. The highest BCUT2D eigenvalue weighted by atomic mass is 35.5. The molecule has 0 aromatic carbocycles. The molecule has 1 saturated heterocycles. The Morgan fingerprint density at radius 1 is 1.38 bits per heavy atom. The van der Waals surface area contributed by atoms with E-state index in [1.54, 1.807) is 0 Å². The summed E-state index contributed by atoms with van der Waals surface area (Å²) in [6.07, 6.45) is -4.63. The smallest absolute Gasteiger partial charge is 0.445 e. The molecule has 1 unspecified atom stereocenters. The van der Waals surface area contributed by atoms with Crippen LogP contribution in [-0.4, -0.2) is 78.7 Å². The number of nitrogens with one attached hydrogen (secondary N) is 1. The number of nitrogens with zero attached hydrogens (tertiary/aromatic N) is 5. The van der Waals surface area contributed by atoms with Crippen LogP contribution in [-0.2, 0) is 25.4 Å². The normalized spacial score (nSPS) is 20.0. The molecular formula is C17H13ClF3N7O5S4. The number of aromatic nitrogens is 3. The van der Waals surface area contributed by atoms with Crippen molar-refractivity contribution in [2.24, 2.45) is 5.16 Å². The second-order valence-electron chi connectivity index (χ2n) is 7.07. The highest BCUT2D eigenvalue weighted by molar-refractivity contribution is 8.01. The molecule has 2 aliphatic rings. The minimum absolute atomic E-state index is 0.00283. The van der Waals surface area contributed by atoms with Crippen molar-refractivity contribution in [3.8, 4) is 0 Å². The summed E-state index contributed by atoms with van der Waals surface area (Å²) < 4.78 is 38.3. The van der Waals surface area contributed by atoms with Crippen LogP contribution in [0.4, 0.5) is 18.3 Å². The molecule has 0 spiro atoms. The van der Waals surface area contributed by atoms with Gasteiger partial charge in [-0.3, -0.25) is 14.5 Å². The third kappa shape index (κ3) is 5.49. The number of nitrogens with two attached hydrogens (primary N) is 1. The molecule has 20 heteroatoms. The van der Waals surface area contributed by atoms with Crippen LogP contribution in [0, 0.1) is 0 Å². The Balaban J connectivity index is 1.48. The Morgan fingerprint density at radius 2 is 2.11 bits per heavy atom. The van der Waals surface area contributed by atoms with Gasteiger partial charge >= 0.3 is 12.1 Å². The maximum Gasteiger partial charge on any atom is 0.445 e. The van der Waals surface area contributed by atoms with E-state index in [9.17, 15) is 32.7 Å². The van der Waals surface area contributed by atoms with E-state index < -0.39 is 40.4 Å². The fourth-order valence-corrected chi connectivity index (χ4v) is 7.41. The fraction of sp³-hybridized carbons (Fsp3) is 0.353. The van der Waals surface area contributed by atoms with Gasteiger partial charge in [0.1, 0.15) is 34.3 Å². The molecule has 12 nitrogen and oxygen atoms in total. The maximum atomic E-state index is 12.9. The van der Waals surface area contributed by atoms with Crippen LogP contribution in [0.25, 0.3) is 0 Å². The van der Waals surface area contributed by atoms with Gasteiger partial charge in [-0.25, -0.2) is 9.78 Å². The molecule has 0 bridgehead atoms. The summed E-state index contributed by atoms with van der Waals surface area (Å²) in [7, 11) is 1.19. The molecule has 198 valence electrons. The minimum atomic E-state index is -4.63. The lowest BCUT2D eigenvalue weighted by Crippen LogP contribution is -2.71. The first-order valence-corrected chi connectivity index (χ1v) is 13.7. The number of rotatable bonds is 8. The van der Waals surface area contributed by atoms with Crippen molar-refractivity contribution in [1.29, 1.82) is 0 Å². The predicted octanol–water partition coefficient (Wildman–Crippen LogP) is 2.13. The first-order valence-electron chi connectivity index (χ1n) is 9.70. The Labute approximate surface area is 226 Å². The number of oxime groups is 1. The van der Waals surface area contributed by atoms with E-state index in [4.69, 9.17) is 17.3 Å². The molecule has 2 amide bonds. The number of carbonyl (C=O) groups is 3. The number of halogens is 4. The number of hydrogen-bond acceptors (Lipinski definition) is 13. The summed E-state index contributed by atoms with van der Waals surface area (Å²) in [5, 5.41) is 20.7. The maximum absolute atomic E-state index is 12.9. The van der Waals surface area contributed by atoms with E-state index in [1.165, 1.54) is 18.9 Å². The van der Waals surface area contributed by atoms with Crippen LogP contribution in [0.5, 0.6) is 0 Å². The molecule has 4 N–H and O–H groups in total. The van der Waals surface area contributed by atoms with Gasteiger partial charge in [0, 0.05) is 11.5 Å². The second kappa shape index (κ2) is 10.6. The number of β-lactam (4-membered cyclic amide) rings is 1. The van der Waals surface area contributed by atoms with Gasteiger partial charge in [-0.05, 0) is 5.57 Å². The molecular weight excluding hydrogens is 603 g/mol. The zero-order chi connectivity index (χ0) is 27.1. The topological polar surface area (TPSA) is 173 Å². The van der Waals surface area contributed by atoms with E-state index in [-0.39, 0.29) is 42.4 Å². The summed E-state index contributed by atoms with van der Waals surface area (Å²) in [5.74, 6) is -2.80. The molecule has 2 aromatic rings. The van der Waals surface area contributed by atoms with Gasteiger partial charge in [0.2, 0.25) is 5.01 Å². The Hall–Kier alpha value is -2.61. The number of carbonyl (C=O) groups excluding carboxylic acids is 2. The number of anilines is 1. The molecule has 2 aliphatic heterocycles. The number of thiazole rings is 1. The van der Waals surface area contributed by atoms with Crippen LogP contribution in [0.2, 0.25) is 4.34 Å². The lowest BCUT2D eigenvalue weighted by molar-refractivity contribution is -0.150. The van der Waals surface area contributed by atoms with Crippen LogP contribution < -0.4 is 11.1 Å². The second-order valence-corrected chi connectivity index (χ2v) is 12.0. The molecule has 0 saturated carbocycles. The van der Waals surface area contributed by atoms with Crippen molar-refractivity contribution in [2.75, 3.05) is 24.3 Å². The Morgan fingerprint density at radius 3 is 2.68 bits per heavy atom. The molecule has 2 atom stereocenters. The van der Waals surface area contributed by atoms with Crippen molar-refractivity contribution in [3.05, 3.63) is 26.3 Å². The summed E-state index contributed by atoms with van der Waals surface area (Å²) in [4.78, 5) is 47.4. The monoisotopic (exact) mass is 615 g/mol. The van der Waals surface area contributed by atoms with Crippen LogP contribution in [0.1, 0.15) is 10.7 Å². The number of aliphatic carboxylic acids is 1. The number of hydrogen-bond donors (Lipinski definition) is 3. The van der Waals surface area contributed by atoms with Gasteiger partial charge in [0.15, 0.2) is 15.2 Å². The SMILES string of the molecule is CO/N=C(/C(=O)NC1C(=O)N2C(C(=O)O)=C(CSc3nnc(C(F)(F)F)s3)CS[C@H]12)c1nc(N)sc1Cl. The van der Waals surface area contributed by atoms with Crippen molar-refractivity contribution in [2.45, 2.75) is 21.9 Å². The Bertz CT molecular complexity index is 1330. The predicted molar refractivity (Wildman–Crippen MR) is 130 cm³/mol. The number of nitrogen functional groups attached to an aromatic ring is 1. The first kappa shape index (κ1) is 27.4. The molecule has 37 heavy (non-hydrogen) atoms. The van der Waals surface area contributed by atoms with Crippen LogP contribution in [0.15, 0.2) is 20.8 Å². The van der Waals surface area contributed by atoms with Crippen LogP contribution in [0.3, 0.4) is 0 Å². The average molecular weight is 616 g/mol. The fourth-order valence-electron chi connectivity index (χ4n) is 3.28. The molecule has 4 heterocycles. The molecule has 1 fully saturated rings. The quantitative estimate of drug-likeness (QED) is 0.172. The standard InChI is InChI=1S/C17H13ClF3N7O5S4/c1-33-27-6(5-9(18)36-15(22)24-5)10(29)23-7-11(30)28-8(13(31)32)4(2-34-12(7)28)3-35-16-26-25-14(37-16)17(19,20)21/h7,12H,2-3H2,1H3,(H2,22,24)(H,23,29)(H,31,32)/b27-6+/t7?,12-/m1/s1. The number of thioether (sulfide) groups is 2. The van der Waals surface area contributed by atoms with Crippen molar-refractivity contribution >= 4 is 86.4 Å². The molecule has 4 rings (SSSR count). The Kier molecular flexibility index (Phi) is 7.88. The number of carboxylic acids is 1. The minimum Gasteiger partial charge on any atom is -0.477 e. The van der Waals surface area contributed by atoms with E-state index in [1.807, 2.05) is 0 Å². The van der Waals surface area contributed by atoms with Gasteiger partial charge in [0.25, 0.3) is 11.8 Å². The third-order valence-electron chi connectivity index (χ3n) is 4.78. The number of amides is 2. The molecule has 2 aromatic heterocycles. The zero-order valence-corrected chi connectivity index (χ0v) is 22.1. The highest BCUT2D eigenvalue weighted by Gasteiger charge is 2.54. The average Bonchev–Trinajstić information content (AvgIpc) is 3.44. The lowest BCUT2D eigenvalue weighted by Gasteiger charge is -2.49.